The molecule has 3 rings (SSSR count). The minimum Gasteiger partial charge on any atom is -0.490 e. The highest BCUT2D eigenvalue weighted by Gasteiger charge is 2.19. The summed E-state index contributed by atoms with van der Waals surface area (Å²) >= 11 is 0. The van der Waals surface area contributed by atoms with Crippen molar-refractivity contribution in [2.45, 2.75) is 11.8 Å². The number of nitrogens with zero attached hydrogens (tertiary/aromatic N) is 1. The fraction of sp³-hybridized carbons (Fsp3) is 0.130. The highest BCUT2D eigenvalue weighted by Crippen LogP contribution is 2.27. The Labute approximate surface area is 201 Å². The molecule has 3 aromatic rings. The van der Waals surface area contributed by atoms with Crippen molar-refractivity contribution in [3.8, 4) is 5.75 Å². The van der Waals surface area contributed by atoms with Gasteiger partial charge in [0.2, 0.25) is 5.91 Å². The first-order valence-corrected chi connectivity index (χ1v) is 11.7. The van der Waals surface area contributed by atoms with E-state index >= 15 is 0 Å². The molecule has 0 aliphatic heterocycles. The van der Waals surface area contributed by atoms with Crippen LogP contribution in [0.25, 0.3) is 0 Å². The van der Waals surface area contributed by atoms with Gasteiger partial charge in [0, 0.05) is 17.3 Å². The Morgan fingerprint density at radius 1 is 1.03 bits per heavy atom. The molecule has 2 amide bonds. The number of hydrogen-bond donors (Lipinski definition) is 3. The van der Waals surface area contributed by atoms with E-state index in [-0.39, 0.29) is 27.6 Å². The molecule has 0 aromatic heterocycles. The van der Waals surface area contributed by atoms with Crippen LogP contribution in [0.1, 0.15) is 15.9 Å². The monoisotopic (exact) mass is 498 g/mol. The van der Waals surface area contributed by atoms with E-state index in [1.165, 1.54) is 37.4 Å². The molecule has 0 bridgehead atoms. The number of amides is 2. The molecule has 0 heterocycles. The van der Waals surface area contributed by atoms with Crippen molar-refractivity contribution < 1.29 is 27.7 Å². The van der Waals surface area contributed by atoms with Crippen LogP contribution in [0.4, 0.5) is 17.1 Å². The normalized spacial score (nSPS) is 10.8. The van der Waals surface area contributed by atoms with Crippen LogP contribution in [0.15, 0.2) is 71.6 Å². The Morgan fingerprint density at radius 3 is 2.40 bits per heavy atom. The Bertz CT molecular complexity index is 1380. The smallest absolute Gasteiger partial charge is 0.311 e. The van der Waals surface area contributed by atoms with Crippen molar-refractivity contribution in [3.63, 3.8) is 0 Å². The number of benzene rings is 3. The van der Waals surface area contributed by atoms with Gasteiger partial charge in [-0.1, -0.05) is 24.3 Å². The third-order valence-corrected chi connectivity index (χ3v) is 6.25. The van der Waals surface area contributed by atoms with Crippen LogP contribution in [-0.2, 0) is 14.8 Å². The zero-order valence-electron chi connectivity index (χ0n) is 18.8. The van der Waals surface area contributed by atoms with Gasteiger partial charge in [-0.25, -0.2) is 8.42 Å². The first-order valence-electron chi connectivity index (χ1n) is 10.2. The summed E-state index contributed by atoms with van der Waals surface area (Å²) in [6, 6.07) is 16.2. The van der Waals surface area contributed by atoms with Gasteiger partial charge >= 0.3 is 5.69 Å². The van der Waals surface area contributed by atoms with Gasteiger partial charge in [-0.05, 0) is 48.9 Å². The van der Waals surface area contributed by atoms with Crippen LogP contribution in [0.5, 0.6) is 5.75 Å². The lowest BCUT2D eigenvalue weighted by Crippen LogP contribution is -2.32. The van der Waals surface area contributed by atoms with Crippen LogP contribution in [-0.4, -0.2) is 38.8 Å². The third kappa shape index (κ3) is 6.32. The number of nitro benzene ring substituents is 1. The van der Waals surface area contributed by atoms with Crippen molar-refractivity contribution >= 4 is 38.9 Å². The Kier molecular flexibility index (Phi) is 7.66. The lowest BCUT2D eigenvalue weighted by atomic mass is 10.1. The maximum absolute atomic E-state index is 12.6. The number of sulfonamides is 1. The zero-order chi connectivity index (χ0) is 25.6. The topological polar surface area (TPSA) is 157 Å². The molecular weight excluding hydrogens is 476 g/mol. The minimum absolute atomic E-state index is 0.00218. The molecule has 182 valence electrons. The highest BCUT2D eigenvalue weighted by atomic mass is 32.2. The molecule has 0 saturated heterocycles. The van der Waals surface area contributed by atoms with Crippen LogP contribution < -0.4 is 20.1 Å². The van der Waals surface area contributed by atoms with Gasteiger partial charge in [-0.15, -0.1) is 0 Å². The molecule has 0 aliphatic rings. The maximum atomic E-state index is 12.6. The van der Waals surface area contributed by atoms with E-state index in [9.17, 15) is 28.1 Å². The maximum Gasteiger partial charge on any atom is 0.311 e. The molecule has 0 saturated carbocycles. The highest BCUT2D eigenvalue weighted by molar-refractivity contribution is 7.92. The van der Waals surface area contributed by atoms with E-state index in [1.807, 2.05) is 0 Å². The first kappa shape index (κ1) is 25.2. The Balaban J connectivity index is 1.65. The second-order valence-corrected chi connectivity index (χ2v) is 9.01. The zero-order valence-corrected chi connectivity index (χ0v) is 19.6. The van der Waals surface area contributed by atoms with E-state index in [2.05, 4.69) is 15.4 Å². The number of carbonyl (C=O) groups excluding carboxylic acids is 2. The number of aryl methyl sites for hydroxylation is 1. The van der Waals surface area contributed by atoms with Crippen molar-refractivity contribution in [2.24, 2.45) is 0 Å². The summed E-state index contributed by atoms with van der Waals surface area (Å²) in [7, 11) is -2.55. The average molecular weight is 499 g/mol. The molecule has 0 spiro atoms. The van der Waals surface area contributed by atoms with Crippen molar-refractivity contribution in [1.82, 2.24) is 5.32 Å². The predicted octanol–water partition coefficient (Wildman–Crippen LogP) is 3.08. The van der Waals surface area contributed by atoms with Crippen LogP contribution in [0.3, 0.4) is 0 Å². The first-order chi connectivity index (χ1) is 16.6. The quantitative estimate of drug-likeness (QED) is 0.302. The number of hydrogen-bond acceptors (Lipinski definition) is 7. The Hall–Kier alpha value is -4.45. The molecular formula is C23H22N4O7S. The number of rotatable bonds is 9. The molecule has 35 heavy (non-hydrogen) atoms. The summed E-state index contributed by atoms with van der Waals surface area (Å²) in [6.45, 7) is 1.29. The van der Waals surface area contributed by atoms with E-state index in [0.717, 1.165) is 6.07 Å². The summed E-state index contributed by atoms with van der Waals surface area (Å²) in [5, 5.41) is 16.1. The van der Waals surface area contributed by atoms with Gasteiger partial charge in [-0.3, -0.25) is 24.4 Å². The largest absolute Gasteiger partial charge is 0.490 e. The number of nitrogens with one attached hydrogen (secondary N) is 3. The summed E-state index contributed by atoms with van der Waals surface area (Å²) in [6.07, 6.45) is 0. The fourth-order valence-corrected chi connectivity index (χ4v) is 4.20. The molecule has 0 radical (unpaired) electrons. The van der Waals surface area contributed by atoms with Crippen molar-refractivity contribution in [2.75, 3.05) is 23.7 Å². The molecule has 12 heteroatoms. The predicted molar refractivity (Wildman–Crippen MR) is 129 cm³/mol. The number of carbonyl (C=O) groups is 2. The van der Waals surface area contributed by atoms with E-state index in [1.54, 1.807) is 37.3 Å². The molecule has 0 atom stereocenters. The van der Waals surface area contributed by atoms with Gasteiger partial charge in [0.1, 0.15) is 0 Å². The number of nitro groups is 1. The lowest BCUT2D eigenvalue weighted by Gasteiger charge is -2.13. The number of anilines is 2. The fourth-order valence-electron chi connectivity index (χ4n) is 3.05. The second-order valence-electron chi connectivity index (χ2n) is 7.32. The van der Waals surface area contributed by atoms with Gasteiger partial charge < -0.3 is 15.4 Å². The van der Waals surface area contributed by atoms with E-state index < -0.39 is 33.3 Å². The molecule has 0 fully saturated rings. The lowest BCUT2D eigenvalue weighted by molar-refractivity contribution is -0.385. The van der Waals surface area contributed by atoms with E-state index in [4.69, 9.17) is 4.74 Å². The molecule has 3 aromatic carbocycles. The third-order valence-electron chi connectivity index (χ3n) is 4.87. The molecule has 11 nitrogen and oxygen atoms in total. The standard InChI is InChI=1S/C23H22N4O7S/c1-15-8-10-17(13-19(15)26-35(32,33)18-6-4-3-5-7-18)25-22(28)14-24-23(29)16-9-11-21(34-2)20(12-16)27(30)31/h3-13,26H,14H2,1-2H3,(H,24,29)(H,25,28). The van der Waals surface area contributed by atoms with Gasteiger partial charge in [0.15, 0.2) is 5.75 Å². The van der Waals surface area contributed by atoms with Crippen molar-refractivity contribution in [3.05, 3.63) is 88.0 Å². The van der Waals surface area contributed by atoms with Crippen LogP contribution >= 0.6 is 0 Å². The average Bonchev–Trinajstić information content (AvgIpc) is 2.84. The summed E-state index contributed by atoms with van der Waals surface area (Å²) in [5.41, 5.74) is 0.826. The summed E-state index contributed by atoms with van der Waals surface area (Å²) in [4.78, 5) is 35.2. The van der Waals surface area contributed by atoms with Crippen LogP contribution in [0.2, 0.25) is 0 Å². The van der Waals surface area contributed by atoms with E-state index in [0.29, 0.717) is 11.3 Å². The number of methoxy groups -OCH3 is 1. The summed E-state index contributed by atoms with van der Waals surface area (Å²) < 4.78 is 32.6. The molecule has 3 N–H and O–H groups in total. The van der Waals surface area contributed by atoms with Gasteiger partial charge in [0.05, 0.1) is 29.2 Å². The summed E-state index contributed by atoms with van der Waals surface area (Å²) in [5.74, 6) is -1.27. The minimum atomic E-state index is -3.82. The van der Waals surface area contributed by atoms with Crippen LogP contribution in [0, 0.1) is 17.0 Å². The molecule has 0 unspecified atom stereocenters. The SMILES string of the molecule is COc1ccc(C(=O)NCC(=O)Nc2ccc(C)c(NS(=O)(=O)c3ccccc3)c2)cc1[N+](=O)[O-]. The molecule has 0 aliphatic carbocycles. The van der Waals surface area contributed by atoms with Crippen molar-refractivity contribution in [1.29, 1.82) is 0 Å². The van der Waals surface area contributed by atoms with Gasteiger partial charge in [-0.2, -0.15) is 0 Å². The second kappa shape index (κ2) is 10.7. The van der Waals surface area contributed by atoms with Gasteiger partial charge in [0.25, 0.3) is 15.9 Å². The Morgan fingerprint density at radius 2 is 1.74 bits per heavy atom. The number of ether oxygens (including phenoxy) is 1.